The minimum Gasteiger partial charge on any atom is -0.396 e. The second kappa shape index (κ2) is 7.53. The third kappa shape index (κ3) is 5.09. The highest BCUT2D eigenvalue weighted by Crippen LogP contribution is 2.02. The fourth-order valence-corrected chi connectivity index (χ4v) is 1.50. The number of nitrogens with zero attached hydrogens (tertiary/aromatic N) is 1. The van der Waals surface area contributed by atoms with Crippen LogP contribution < -0.4 is 5.32 Å². The topological polar surface area (TPSA) is 69.6 Å². The molecule has 0 saturated heterocycles. The summed E-state index contributed by atoms with van der Waals surface area (Å²) in [6, 6.07) is 8.82. The number of likely N-dealkylation sites (N-methyl/N-ethyl adjacent to an activating group) is 1. The molecule has 0 spiro atoms. The molecule has 5 heteroatoms. The van der Waals surface area contributed by atoms with Crippen LogP contribution in [0.2, 0.25) is 0 Å². The molecule has 2 amide bonds. The van der Waals surface area contributed by atoms with Crippen LogP contribution in [0.5, 0.6) is 0 Å². The molecule has 1 atom stereocenters. The molecule has 0 aromatic heterocycles. The van der Waals surface area contributed by atoms with Gasteiger partial charge < -0.3 is 15.3 Å². The fourth-order valence-electron chi connectivity index (χ4n) is 1.50. The quantitative estimate of drug-likeness (QED) is 0.786. The molecular formula is C14H20N2O3. The molecule has 5 nitrogen and oxygen atoms in total. The van der Waals surface area contributed by atoms with Crippen molar-refractivity contribution in [3.05, 3.63) is 35.9 Å². The van der Waals surface area contributed by atoms with Gasteiger partial charge in [-0.15, -0.1) is 0 Å². The molecule has 0 aliphatic rings. The summed E-state index contributed by atoms with van der Waals surface area (Å²) >= 11 is 0. The van der Waals surface area contributed by atoms with E-state index in [2.05, 4.69) is 5.32 Å². The van der Waals surface area contributed by atoms with E-state index in [0.717, 1.165) is 0 Å². The molecule has 1 aromatic rings. The molecule has 104 valence electrons. The van der Waals surface area contributed by atoms with Gasteiger partial charge in [0.25, 0.3) is 5.91 Å². The summed E-state index contributed by atoms with van der Waals surface area (Å²) in [4.78, 5) is 25.0. The lowest BCUT2D eigenvalue weighted by atomic mass is 10.2. The maximum absolute atomic E-state index is 12.0. The van der Waals surface area contributed by atoms with Gasteiger partial charge in [-0.05, 0) is 18.1 Å². The van der Waals surface area contributed by atoms with Crippen molar-refractivity contribution >= 4 is 11.8 Å². The predicted molar refractivity (Wildman–Crippen MR) is 72.7 cm³/mol. The standard InChI is InChI=1S/C14H20N2O3/c1-11(10-17)8-15-13(18)9-16(2)14(19)12-6-4-3-5-7-12/h3-7,11,17H,8-10H2,1-2H3,(H,15,18). The van der Waals surface area contributed by atoms with Crippen LogP contribution in [-0.4, -0.2) is 48.6 Å². The molecule has 1 unspecified atom stereocenters. The van der Waals surface area contributed by atoms with Crippen molar-refractivity contribution in [2.45, 2.75) is 6.92 Å². The molecule has 0 aliphatic heterocycles. The fraction of sp³-hybridized carbons (Fsp3) is 0.429. The number of nitrogens with one attached hydrogen (secondary N) is 1. The summed E-state index contributed by atoms with van der Waals surface area (Å²) < 4.78 is 0. The first-order valence-electron chi connectivity index (χ1n) is 6.22. The number of carbonyl (C=O) groups excluding carboxylic acids is 2. The molecule has 0 bridgehead atoms. The highest BCUT2D eigenvalue weighted by Gasteiger charge is 2.14. The Kier molecular flexibility index (Phi) is 6.02. The van der Waals surface area contributed by atoms with Gasteiger partial charge in [0, 0.05) is 25.8 Å². The van der Waals surface area contributed by atoms with Crippen LogP contribution in [0.15, 0.2) is 30.3 Å². The molecular weight excluding hydrogens is 244 g/mol. The van der Waals surface area contributed by atoms with E-state index in [1.165, 1.54) is 4.90 Å². The first kappa shape index (κ1) is 15.2. The Morgan fingerprint density at radius 3 is 2.53 bits per heavy atom. The first-order valence-corrected chi connectivity index (χ1v) is 6.22. The van der Waals surface area contributed by atoms with Gasteiger partial charge in [-0.2, -0.15) is 0 Å². The summed E-state index contributed by atoms with van der Waals surface area (Å²) in [5.74, 6) is -0.405. The van der Waals surface area contributed by atoms with E-state index in [1.54, 1.807) is 31.3 Å². The number of benzene rings is 1. The Morgan fingerprint density at radius 1 is 1.32 bits per heavy atom. The van der Waals surface area contributed by atoms with Gasteiger partial charge in [0.2, 0.25) is 5.91 Å². The van der Waals surface area contributed by atoms with E-state index in [4.69, 9.17) is 5.11 Å². The van der Waals surface area contributed by atoms with E-state index in [9.17, 15) is 9.59 Å². The third-order valence-corrected chi connectivity index (χ3v) is 2.71. The number of rotatable bonds is 6. The van der Waals surface area contributed by atoms with Crippen molar-refractivity contribution in [2.24, 2.45) is 5.92 Å². The first-order chi connectivity index (χ1) is 9.04. The minimum absolute atomic E-state index is 0.00583. The van der Waals surface area contributed by atoms with E-state index in [0.29, 0.717) is 12.1 Å². The molecule has 19 heavy (non-hydrogen) atoms. The van der Waals surface area contributed by atoms with Crippen LogP contribution in [0.1, 0.15) is 17.3 Å². The largest absolute Gasteiger partial charge is 0.396 e. The van der Waals surface area contributed by atoms with Crippen LogP contribution in [0.4, 0.5) is 0 Å². The van der Waals surface area contributed by atoms with Gasteiger partial charge in [0.1, 0.15) is 0 Å². The van der Waals surface area contributed by atoms with E-state index in [1.807, 2.05) is 13.0 Å². The molecule has 0 aliphatic carbocycles. The summed E-state index contributed by atoms with van der Waals surface area (Å²) in [5.41, 5.74) is 0.557. The highest BCUT2D eigenvalue weighted by atomic mass is 16.3. The average Bonchev–Trinajstić information content (AvgIpc) is 2.44. The van der Waals surface area contributed by atoms with Crippen molar-refractivity contribution in [1.82, 2.24) is 10.2 Å². The van der Waals surface area contributed by atoms with Crippen LogP contribution in [-0.2, 0) is 4.79 Å². The number of amides is 2. The molecule has 2 N–H and O–H groups in total. The Morgan fingerprint density at radius 2 is 1.95 bits per heavy atom. The van der Waals surface area contributed by atoms with Crippen LogP contribution in [0, 0.1) is 5.92 Å². The van der Waals surface area contributed by atoms with Gasteiger partial charge >= 0.3 is 0 Å². The SMILES string of the molecule is CC(CO)CNC(=O)CN(C)C(=O)c1ccccc1. The van der Waals surface area contributed by atoms with Crippen LogP contribution in [0.25, 0.3) is 0 Å². The molecule has 1 aromatic carbocycles. The molecule has 0 heterocycles. The number of aliphatic hydroxyl groups excluding tert-OH is 1. The van der Waals surface area contributed by atoms with Gasteiger partial charge in [-0.3, -0.25) is 9.59 Å². The summed E-state index contributed by atoms with van der Waals surface area (Å²) in [6.07, 6.45) is 0. The van der Waals surface area contributed by atoms with Crippen molar-refractivity contribution in [3.63, 3.8) is 0 Å². The van der Waals surface area contributed by atoms with Crippen molar-refractivity contribution < 1.29 is 14.7 Å². The lowest BCUT2D eigenvalue weighted by molar-refractivity contribution is -0.121. The zero-order valence-electron chi connectivity index (χ0n) is 11.3. The van der Waals surface area contributed by atoms with Gasteiger partial charge in [0.15, 0.2) is 0 Å². The predicted octanol–water partition coefficient (Wildman–Crippen LogP) is 0.503. The maximum Gasteiger partial charge on any atom is 0.254 e. The van der Waals surface area contributed by atoms with Gasteiger partial charge in [0.05, 0.1) is 6.54 Å². The number of hydrogen-bond acceptors (Lipinski definition) is 3. The van der Waals surface area contributed by atoms with E-state index < -0.39 is 0 Å². The molecule has 0 radical (unpaired) electrons. The summed E-state index contributed by atoms with van der Waals surface area (Å²) in [6.45, 7) is 2.27. The van der Waals surface area contributed by atoms with Crippen LogP contribution >= 0.6 is 0 Å². The second-order valence-corrected chi connectivity index (χ2v) is 4.62. The summed E-state index contributed by atoms with van der Waals surface area (Å²) in [5, 5.41) is 11.5. The molecule has 0 fully saturated rings. The number of aliphatic hydroxyl groups is 1. The number of hydrogen-bond donors (Lipinski definition) is 2. The maximum atomic E-state index is 12.0. The third-order valence-electron chi connectivity index (χ3n) is 2.71. The zero-order chi connectivity index (χ0) is 14.3. The lowest BCUT2D eigenvalue weighted by Crippen LogP contribution is -2.40. The lowest BCUT2D eigenvalue weighted by Gasteiger charge is -2.17. The average molecular weight is 264 g/mol. The number of carbonyl (C=O) groups is 2. The van der Waals surface area contributed by atoms with Crippen molar-refractivity contribution in [2.75, 3.05) is 26.7 Å². The Balaban J connectivity index is 2.44. The Hall–Kier alpha value is -1.88. The van der Waals surface area contributed by atoms with Gasteiger partial charge in [-0.25, -0.2) is 0 Å². The Bertz CT molecular complexity index is 420. The Labute approximate surface area is 113 Å². The molecule has 0 saturated carbocycles. The smallest absolute Gasteiger partial charge is 0.254 e. The van der Waals surface area contributed by atoms with Crippen molar-refractivity contribution in [1.29, 1.82) is 0 Å². The monoisotopic (exact) mass is 264 g/mol. The zero-order valence-corrected chi connectivity index (χ0v) is 11.3. The normalized spacial score (nSPS) is 11.7. The molecule has 1 rings (SSSR count). The van der Waals surface area contributed by atoms with Gasteiger partial charge in [-0.1, -0.05) is 25.1 Å². The van der Waals surface area contributed by atoms with E-state index >= 15 is 0 Å². The minimum atomic E-state index is -0.230. The highest BCUT2D eigenvalue weighted by molar-refractivity contribution is 5.96. The van der Waals surface area contributed by atoms with Crippen LogP contribution in [0.3, 0.4) is 0 Å². The second-order valence-electron chi connectivity index (χ2n) is 4.62. The van der Waals surface area contributed by atoms with E-state index in [-0.39, 0.29) is 30.9 Å². The van der Waals surface area contributed by atoms with Crippen molar-refractivity contribution in [3.8, 4) is 0 Å². The summed E-state index contributed by atoms with van der Waals surface area (Å²) in [7, 11) is 1.59.